The van der Waals surface area contributed by atoms with Gasteiger partial charge in [0.2, 0.25) is 0 Å². The molecule has 2 rings (SSSR count). The molecule has 0 fully saturated rings. The summed E-state index contributed by atoms with van der Waals surface area (Å²) in [7, 11) is 1.86. The second-order valence-corrected chi connectivity index (χ2v) is 6.63. The van der Waals surface area contributed by atoms with Crippen molar-refractivity contribution in [2.45, 2.75) is 12.5 Å². The third-order valence-electron chi connectivity index (χ3n) is 3.13. The zero-order valence-electron chi connectivity index (χ0n) is 10.8. The Kier molecular flexibility index (Phi) is 5.61. The van der Waals surface area contributed by atoms with E-state index in [9.17, 15) is 4.39 Å². The van der Waals surface area contributed by atoms with Gasteiger partial charge >= 0.3 is 0 Å². The highest BCUT2D eigenvalue weighted by atomic mass is 79.9. The molecule has 5 heteroatoms. The van der Waals surface area contributed by atoms with E-state index >= 15 is 0 Å². The molecule has 0 radical (unpaired) electrons. The Morgan fingerprint density at radius 2 is 1.95 bits per heavy atom. The average molecular weight is 422 g/mol. The Morgan fingerprint density at radius 3 is 2.60 bits per heavy atom. The highest BCUT2D eigenvalue weighted by Gasteiger charge is 2.14. The standard InChI is InChI=1S/C15H13Br2ClFN/c1-20-15(9-2-4-13(18)12(17)7-9)8-10-6-11(16)3-5-14(10)19/h2-7,15,20H,8H2,1H3. The molecule has 0 heterocycles. The summed E-state index contributed by atoms with van der Waals surface area (Å²) in [6, 6.07) is 10.7. The lowest BCUT2D eigenvalue weighted by atomic mass is 9.99. The minimum atomic E-state index is -0.193. The van der Waals surface area contributed by atoms with Crippen molar-refractivity contribution < 1.29 is 4.39 Å². The summed E-state index contributed by atoms with van der Waals surface area (Å²) < 4.78 is 15.6. The van der Waals surface area contributed by atoms with Crippen LogP contribution in [0, 0.1) is 5.82 Å². The first-order valence-corrected chi connectivity index (χ1v) is 8.04. The molecule has 0 amide bonds. The molecule has 2 aromatic carbocycles. The van der Waals surface area contributed by atoms with Crippen LogP contribution >= 0.6 is 43.5 Å². The van der Waals surface area contributed by atoms with Crippen molar-refractivity contribution in [3.63, 3.8) is 0 Å². The molecule has 2 aromatic rings. The van der Waals surface area contributed by atoms with Gasteiger partial charge in [-0.15, -0.1) is 0 Å². The molecule has 0 bridgehead atoms. The number of likely N-dealkylation sites (N-methyl/N-ethyl adjacent to an activating group) is 1. The van der Waals surface area contributed by atoms with E-state index in [1.165, 1.54) is 6.07 Å². The molecule has 0 aliphatic heterocycles. The minimum Gasteiger partial charge on any atom is -0.313 e. The second kappa shape index (κ2) is 7.03. The van der Waals surface area contributed by atoms with Gasteiger partial charge in [0.1, 0.15) is 5.82 Å². The molecule has 0 aliphatic carbocycles. The molecule has 1 N–H and O–H groups in total. The molecular weight excluding hydrogens is 408 g/mol. The summed E-state index contributed by atoms with van der Waals surface area (Å²) in [5, 5.41) is 3.88. The molecule has 1 nitrogen and oxygen atoms in total. The van der Waals surface area contributed by atoms with Gasteiger partial charge in [0, 0.05) is 15.0 Å². The average Bonchev–Trinajstić information content (AvgIpc) is 2.43. The van der Waals surface area contributed by atoms with Crippen molar-refractivity contribution in [3.05, 3.63) is 67.3 Å². The summed E-state index contributed by atoms with van der Waals surface area (Å²) in [6.45, 7) is 0. The number of nitrogens with one attached hydrogen (secondary N) is 1. The Hall–Kier alpha value is -0.420. The number of hydrogen-bond donors (Lipinski definition) is 1. The molecule has 1 unspecified atom stereocenters. The number of hydrogen-bond acceptors (Lipinski definition) is 1. The first-order chi connectivity index (χ1) is 9.51. The maximum atomic E-state index is 13.8. The Bertz CT molecular complexity index is 619. The summed E-state index contributed by atoms with van der Waals surface area (Å²) in [5.41, 5.74) is 1.73. The third kappa shape index (κ3) is 3.82. The number of benzene rings is 2. The third-order valence-corrected chi connectivity index (χ3v) is 4.83. The normalized spacial score (nSPS) is 12.4. The zero-order valence-corrected chi connectivity index (χ0v) is 14.7. The van der Waals surface area contributed by atoms with E-state index in [2.05, 4.69) is 37.2 Å². The summed E-state index contributed by atoms with van der Waals surface area (Å²) in [6.07, 6.45) is 0.565. The molecule has 1 atom stereocenters. The molecule has 0 saturated heterocycles. The van der Waals surface area contributed by atoms with Gasteiger partial charge in [-0.2, -0.15) is 0 Å². The van der Waals surface area contributed by atoms with Crippen molar-refractivity contribution in [1.82, 2.24) is 5.32 Å². The van der Waals surface area contributed by atoms with Crippen molar-refractivity contribution >= 4 is 43.5 Å². The predicted octanol–water partition coefficient (Wildman–Crippen LogP) is 5.51. The Balaban J connectivity index is 2.28. The number of rotatable bonds is 4. The fourth-order valence-corrected chi connectivity index (χ4v) is 2.96. The van der Waals surface area contributed by atoms with Gasteiger partial charge in [-0.3, -0.25) is 0 Å². The summed E-state index contributed by atoms with van der Waals surface area (Å²) >= 11 is 12.8. The fourth-order valence-electron chi connectivity index (χ4n) is 2.04. The Morgan fingerprint density at radius 1 is 1.20 bits per heavy atom. The van der Waals surface area contributed by atoms with Crippen LogP contribution in [0.15, 0.2) is 45.3 Å². The summed E-state index contributed by atoms with van der Waals surface area (Å²) in [5.74, 6) is -0.193. The Labute approximate surface area is 139 Å². The molecule has 106 valence electrons. The van der Waals surface area contributed by atoms with Crippen LogP contribution in [0.5, 0.6) is 0 Å². The highest BCUT2D eigenvalue weighted by molar-refractivity contribution is 9.10. The SMILES string of the molecule is CNC(Cc1cc(Br)ccc1F)c1ccc(Cl)c(Br)c1. The maximum Gasteiger partial charge on any atom is 0.126 e. The van der Waals surface area contributed by atoms with Gasteiger partial charge in [-0.25, -0.2) is 4.39 Å². The summed E-state index contributed by atoms with van der Waals surface area (Å²) in [4.78, 5) is 0. The van der Waals surface area contributed by atoms with Gasteiger partial charge < -0.3 is 5.32 Å². The van der Waals surface area contributed by atoms with E-state index in [0.717, 1.165) is 14.5 Å². The second-order valence-electron chi connectivity index (χ2n) is 4.45. The highest BCUT2D eigenvalue weighted by Crippen LogP contribution is 2.28. The van der Waals surface area contributed by atoms with Crippen LogP contribution in [-0.2, 0) is 6.42 Å². The lowest BCUT2D eigenvalue weighted by molar-refractivity contribution is 0.554. The van der Waals surface area contributed by atoms with Crippen LogP contribution in [0.4, 0.5) is 4.39 Å². The van der Waals surface area contributed by atoms with Crippen LogP contribution in [0.3, 0.4) is 0 Å². The van der Waals surface area contributed by atoms with Crippen LogP contribution in [0.2, 0.25) is 5.02 Å². The van der Waals surface area contributed by atoms with E-state index in [0.29, 0.717) is 17.0 Å². The molecule has 0 aliphatic rings. The molecular formula is C15H13Br2ClFN. The molecule has 0 aromatic heterocycles. The fraction of sp³-hybridized carbons (Fsp3) is 0.200. The van der Waals surface area contributed by atoms with E-state index in [4.69, 9.17) is 11.6 Å². The monoisotopic (exact) mass is 419 g/mol. The maximum absolute atomic E-state index is 13.8. The van der Waals surface area contributed by atoms with E-state index in [1.54, 1.807) is 6.07 Å². The smallest absolute Gasteiger partial charge is 0.126 e. The van der Waals surface area contributed by atoms with E-state index < -0.39 is 0 Å². The lowest BCUT2D eigenvalue weighted by Crippen LogP contribution is -2.19. The first kappa shape index (κ1) is 16.0. The topological polar surface area (TPSA) is 12.0 Å². The minimum absolute atomic E-state index is 0.0207. The molecule has 0 spiro atoms. The van der Waals surface area contributed by atoms with Gasteiger partial charge in [0.15, 0.2) is 0 Å². The van der Waals surface area contributed by atoms with Gasteiger partial charge in [0.25, 0.3) is 0 Å². The lowest BCUT2D eigenvalue weighted by Gasteiger charge is -2.18. The van der Waals surface area contributed by atoms with Gasteiger partial charge in [-0.1, -0.05) is 33.6 Å². The quantitative estimate of drug-likeness (QED) is 0.687. The van der Waals surface area contributed by atoms with Gasteiger partial charge in [0.05, 0.1) is 5.02 Å². The van der Waals surface area contributed by atoms with Crippen molar-refractivity contribution in [2.24, 2.45) is 0 Å². The van der Waals surface area contributed by atoms with Crippen LogP contribution in [0.25, 0.3) is 0 Å². The van der Waals surface area contributed by atoms with E-state index in [-0.39, 0.29) is 11.9 Å². The van der Waals surface area contributed by atoms with Crippen LogP contribution < -0.4 is 5.32 Å². The van der Waals surface area contributed by atoms with Crippen molar-refractivity contribution in [1.29, 1.82) is 0 Å². The number of halogens is 4. The van der Waals surface area contributed by atoms with Crippen LogP contribution in [-0.4, -0.2) is 7.05 Å². The zero-order chi connectivity index (χ0) is 14.7. The molecule has 0 saturated carbocycles. The van der Waals surface area contributed by atoms with Crippen LogP contribution in [0.1, 0.15) is 17.2 Å². The van der Waals surface area contributed by atoms with Crippen molar-refractivity contribution in [3.8, 4) is 0 Å². The molecule has 20 heavy (non-hydrogen) atoms. The van der Waals surface area contributed by atoms with Crippen molar-refractivity contribution in [2.75, 3.05) is 7.05 Å². The van der Waals surface area contributed by atoms with Gasteiger partial charge in [-0.05, 0) is 70.9 Å². The largest absolute Gasteiger partial charge is 0.313 e. The first-order valence-electron chi connectivity index (χ1n) is 6.07. The predicted molar refractivity (Wildman–Crippen MR) is 88.8 cm³/mol. The van der Waals surface area contributed by atoms with E-state index in [1.807, 2.05) is 31.3 Å².